The highest BCUT2D eigenvalue weighted by Crippen LogP contribution is 2.17. The highest BCUT2D eigenvalue weighted by Gasteiger charge is 2.09. The van der Waals surface area contributed by atoms with Crippen molar-refractivity contribution in [1.82, 2.24) is 14.8 Å². The van der Waals surface area contributed by atoms with Gasteiger partial charge in [-0.3, -0.25) is 0 Å². The van der Waals surface area contributed by atoms with Crippen LogP contribution in [0.1, 0.15) is 17.0 Å². The minimum atomic E-state index is 0.447. The van der Waals surface area contributed by atoms with Gasteiger partial charge in [-0.1, -0.05) is 0 Å². The summed E-state index contributed by atoms with van der Waals surface area (Å²) in [7, 11) is 0. The van der Waals surface area contributed by atoms with E-state index in [1.807, 2.05) is 26.0 Å². The summed E-state index contributed by atoms with van der Waals surface area (Å²) in [5, 5.41) is 13.0. The zero-order chi connectivity index (χ0) is 11.7. The van der Waals surface area contributed by atoms with Crippen molar-refractivity contribution >= 4 is 5.69 Å². The van der Waals surface area contributed by atoms with Gasteiger partial charge in [0, 0.05) is 11.9 Å². The Bertz CT molecular complexity index is 577. The molecule has 2 N–H and O–H groups in total. The summed E-state index contributed by atoms with van der Waals surface area (Å²) in [6.07, 6.45) is 1.49. The molecule has 5 nitrogen and oxygen atoms in total. The largest absolute Gasteiger partial charge is 0.396 e. The molecule has 0 amide bonds. The summed E-state index contributed by atoms with van der Waals surface area (Å²) in [5.41, 5.74) is 8.59. The lowest BCUT2D eigenvalue weighted by atomic mass is 10.3. The molecule has 16 heavy (non-hydrogen) atoms. The number of aromatic nitrogens is 3. The van der Waals surface area contributed by atoms with Crippen molar-refractivity contribution in [2.24, 2.45) is 0 Å². The van der Waals surface area contributed by atoms with E-state index >= 15 is 0 Å². The van der Waals surface area contributed by atoms with E-state index in [2.05, 4.69) is 10.1 Å². The van der Waals surface area contributed by atoms with E-state index < -0.39 is 0 Å². The molecule has 0 saturated heterocycles. The number of nitrogens with zero attached hydrogens (tertiary/aromatic N) is 4. The molecule has 0 fully saturated rings. The molecule has 0 atom stereocenters. The first-order valence-electron chi connectivity index (χ1n) is 4.81. The fraction of sp³-hybridized carbons (Fsp3) is 0.182. The molecule has 2 aromatic rings. The van der Waals surface area contributed by atoms with Gasteiger partial charge in [0.15, 0.2) is 5.82 Å². The second kappa shape index (κ2) is 3.66. The van der Waals surface area contributed by atoms with Gasteiger partial charge >= 0.3 is 0 Å². The molecule has 0 spiro atoms. The summed E-state index contributed by atoms with van der Waals surface area (Å²) >= 11 is 0. The summed E-state index contributed by atoms with van der Waals surface area (Å²) < 4.78 is 1.67. The zero-order valence-corrected chi connectivity index (χ0v) is 9.10. The Labute approximate surface area is 93.1 Å². The van der Waals surface area contributed by atoms with E-state index in [0.717, 1.165) is 11.4 Å². The molecule has 0 aliphatic heterocycles. The first-order chi connectivity index (χ1) is 7.61. The lowest BCUT2D eigenvalue weighted by molar-refractivity contribution is 0.808. The predicted octanol–water partition coefficient (Wildman–Crippen LogP) is 1.34. The molecular weight excluding hydrogens is 202 g/mol. The normalized spacial score (nSPS) is 10.1. The van der Waals surface area contributed by atoms with Crippen LogP contribution in [0.4, 0.5) is 5.69 Å². The fourth-order valence-corrected chi connectivity index (χ4v) is 1.56. The van der Waals surface area contributed by atoms with Crippen molar-refractivity contribution in [3.63, 3.8) is 0 Å². The molecule has 2 aromatic heterocycles. The van der Waals surface area contributed by atoms with Crippen LogP contribution in [0, 0.1) is 25.2 Å². The molecule has 0 unspecified atom stereocenters. The van der Waals surface area contributed by atoms with Gasteiger partial charge in [-0.15, -0.1) is 0 Å². The van der Waals surface area contributed by atoms with Crippen LogP contribution in [0.25, 0.3) is 5.82 Å². The van der Waals surface area contributed by atoms with Gasteiger partial charge in [-0.2, -0.15) is 10.4 Å². The Kier molecular flexibility index (Phi) is 2.33. The number of aryl methyl sites for hydroxylation is 2. The van der Waals surface area contributed by atoms with Crippen LogP contribution in [0.15, 0.2) is 18.3 Å². The molecule has 2 rings (SSSR count). The maximum absolute atomic E-state index is 8.71. The Morgan fingerprint density at radius 3 is 2.62 bits per heavy atom. The van der Waals surface area contributed by atoms with E-state index in [9.17, 15) is 0 Å². The van der Waals surface area contributed by atoms with Crippen LogP contribution in [0.2, 0.25) is 0 Å². The first-order valence-corrected chi connectivity index (χ1v) is 4.81. The maximum Gasteiger partial charge on any atom is 0.176 e. The number of hydrogen-bond acceptors (Lipinski definition) is 4. The first kappa shape index (κ1) is 10.2. The highest BCUT2D eigenvalue weighted by molar-refractivity contribution is 5.56. The van der Waals surface area contributed by atoms with Crippen LogP contribution < -0.4 is 5.73 Å². The summed E-state index contributed by atoms with van der Waals surface area (Å²) in [6.45, 7) is 3.84. The second-order valence-corrected chi connectivity index (χ2v) is 3.59. The van der Waals surface area contributed by atoms with Crippen LogP contribution in [-0.2, 0) is 0 Å². The Morgan fingerprint density at radius 2 is 2.12 bits per heavy atom. The van der Waals surface area contributed by atoms with E-state index in [1.165, 1.54) is 6.20 Å². The van der Waals surface area contributed by atoms with E-state index in [1.54, 1.807) is 10.7 Å². The monoisotopic (exact) mass is 213 g/mol. The van der Waals surface area contributed by atoms with Crippen molar-refractivity contribution in [3.05, 3.63) is 35.3 Å². The number of hydrogen-bond donors (Lipinski definition) is 1. The fourth-order valence-electron chi connectivity index (χ4n) is 1.56. The van der Waals surface area contributed by atoms with Gasteiger partial charge < -0.3 is 5.73 Å². The molecule has 5 heteroatoms. The molecule has 0 bridgehead atoms. The molecule has 2 heterocycles. The minimum absolute atomic E-state index is 0.447. The zero-order valence-electron chi connectivity index (χ0n) is 9.10. The third-order valence-electron chi connectivity index (χ3n) is 2.23. The summed E-state index contributed by atoms with van der Waals surface area (Å²) in [4.78, 5) is 4.15. The molecule has 0 aromatic carbocycles. The van der Waals surface area contributed by atoms with E-state index in [4.69, 9.17) is 11.0 Å². The Balaban J connectivity index is 2.57. The molecule has 0 saturated carbocycles. The standard InChI is InChI=1S/C11H11N5/c1-7-3-8(2)16(15-7)11-10(13)4-9(5-12)6-14-11/h3-4,6H,13H2,1-2H3. The van der Waals surface area contributed by atoms with Crippen LogP contribution in [-0.4, -0.2) is 14.8 Å². The van der Waals surface area contributed by atoms with Crippen molar-refractivity contribution < 1.29 is 0 Å². The number of pyridine rings is 1. The number of nitrogens with two attached hydrogens (primary N) is 1. The topological polar surface area (TPSA) is 80.5 Å². The Morgan fingerprint density at radius 1 is 1.38 bits per heavy atom. The smallest absolute Gasteiger partial charge is 0.176 e. The van der Waals surface area contributed by atoms with Crippen LogP contribution in [0.5, 0.6) is 0 Å². The molecular formula is C11H11N5. The van der Waals surface area contributed by atoms with Gasteiger partial charge in [0.1, 0.15) is 6.07 Å². The van der Waals surface area contributed by atoms with Crippen molar-refractivity contribution in [2.45, 2.75) is 13.8 Å². The number of nitriles is 1. The predicted molar refractivity (Wildman–Crippen MR) is 60.0 cm³/mol. The molecule has 0 aliphatic carbocycles. The number of nitrogen functional groups attached to an aromatic ring is 1. The lowest BCUT2D eigenvalue weighted by Crippen LogP contribution is -2.06. The molecule has 80 valence electrons. The lowest BCUT2D eigenvalue weighted by Gasteiger charge is -2.06. The minimum Gasteiger partial charge on any atom is -0.396 e. The van der Waals surface area contributed by atoms with E-state index in [0.29, 0.717) is 17.1 Å². The third-order valence-corrected chi connectivity index (χ3v) is 2.23. The Hall–Kier alpha value is -2.35. The van der Waals surface area contributed by atoms with E-state index in [-0.39, 0.29) is 0 Å². The maximum atomic E-state index is 8.71. The van der Waals surface area contributed by atoms with Gasteiger partial charge in [-0.05, 0) is 26.0 Å². The average Bonchev–Trinajstić information content (AvgIpc) is 2.57. The van der Waals surface area contributed by atoms with Crippen LogP contribution in [0.3, 0.4) is 0 Å². The van der Waals surface area contributed by atoms with Gasteiger partial charge in [0.05, 0.1) is 16.9 Å². The highest BCUT2D eigenvalue weighted by atomic mass is 15.3. The number of anilines is 1. The third kappa shape index (κ3) is 1.61. The molecule has 0 aliphatic rings. The van der Waals surface area contributed by atoms with Gasteiger partial charge in [0.2, 0.25) is 0 Å². The SMILES string of the molecule is Cc1cc(C)n(-c2ncc(C#N)cc2N)n1. The van der Waals surface area contributed by atoms with Crippen molar-refractivity contribution in [2.75, 3.05) is 5.73 Å². The van der Waals surface area contributed by atoms with Crippen LogP contribution >= 0.6 is 0 Å². The molecule has 0 radical (unpaired) electrons. The summed E-state index contributed by atoms with van der Waals surface area (Å²) in [6, 6.07) is 5.53. The quantitative estimate of drug-likeness (QED) is 0.775. The van der Waals surface area contributed by atoms with Gasteiger partial charge in [0.25, 0.3) is 0 Å². The van der Waals surface area contributed by atoms with Crippen molar-refractivity contribution in [3.8, 4) is 11.9 Å². The summed E-state index contributed by atoms with van der Waals surface area (Å²) in [5.74, 6) is 0.560. The number of rotatable bonds is 1. The van der Waals surface area contributed by atoms with Gasteiger partial charge in [-0.25, -0.2) is 9.67 Å². The average molecular weight is 213 g/mol. The van der Waals surface area contributed by atoms with Crippen molar-refractivity contribution in [1.29, 1.82) is 5.26 Å². The second-order valence-electron chi connectivity index (χ2n) is 3.59.